The number of rotatable bonds is 7. The van der Waals surface area contributed by atoms with Gasteiger partial charge in [0, 0.05) is 17.5 Å². The van der Waals surface area contributed by atoms with Crippen LogP contribution in [0.2, 0.25) is 0 Å². The van der Waals surface area contributed by atoms with Crippen LogP contribution in [0.4, 0.5) is 0 Å². The Balaban J connectivity index is 1.80. The highest BCUT2D eigenvalue weighted by Gasteiger charge is 2.28. The number of nitrogens with zero attached hydrogens (tertiary/aromatic N) is 1. The molecule has 0 heterocycles. The molecular weight excluding hydrogens is 400 g/mol. The molecule has 3 aromatic carbocycles. The van der Waals surface area contributed by atoms with Crippen LogP contribution in [0.25, 0.3) is 10.8 Å². The van der Waals surface area contributed by atoms with Crippen LogP contribution in [-0.4, -0.2) is 34.9 Å². The standard InChI is InChI=1S/C27H32N2O3/c1-19-13-15-21(16-14-19)17-29(20(2)26(31)28-27(3,4)5)25(30)18-32-24-12-8-10-22-9-6-7-11-23(22)24/h6-16,20H,17-18H2,1-5H3,(H,28,31)/t20-/m0/s1. The summed E-state index contributed by atoms with van der Waals surface area (Å²) in [4.78, 5) is 27.7. The molecule has 0 aromatic heterocycles. The molecule has 0 radical (unpaired) electrons. The van der Waals surface area contributed by atoms with E-state index in [1.54, 1.807) is 11.8 Å². The molecule has 3 rings (SSSR count). The van der Waals surface area contributed by atoms with Crippen LogP contribution >= 0.6 is 0 Å². The fourth-order valence-corrected chi connectivity index (χ4v) is 3.49. The van der Waals surface area contributed by atoms with E-state index in [1.165, 1.54) is 0 Å². The van der Waals surface area contributed by atoms with E-state index in [0.29, 0.717) is 12.3 Å². The van der Waals surface area contributed by atoms with Crippen LogP contribution in [0.5, 0.6) is 5.75 Å². The molecule has 0 saturated heterocycles. The Bertz CT molecular complexity index is 1080. The predicted molar refractivity (Wildman–Crippen MR) is 129 cm³/mol. The molecular formula is C27H32N2O3. The molecule has 3 aromatic rings. The maximum atomic E-state index is 13.3. The van der Waals surface area contributed by atoms with Gasteiger partial charge in [0.2, 0.25) is 5.91 Å². The van der Waals surface area contributed by atoms with Crippen LogP contribution in [0.1, 0.15) is 38.8 Å². The molecule has 0 bridgehead atoms. The molecule has 5 heteroatoms. The molecule has 168 valence electrons. The molecule has 0 unspecified atom stereocenters. The van der Waals surface area contributed by atoms with Gasteiger partial charge in [0.15, 0.2) is 6.61 Å². The van der Waals surface area contributed by atoms with Crippen LogP contribution in [0.3, 0.4) is 0 Å². The fourth-order valence-electron chi connectivity index (χ4n) is 3.49. The average Bonchev–Trinajstić information content (AvgIpc) is 2.75. The van der Waals surface area contributed by atoms with Gasteiger partial charge in [-0.3, -0.25) is 9.59 Å². The Labute approximate surface area is 190 Å². The van der Waals surface area contributed by atoms with Crippen molar-refractivity contribution in [2.24, 2.45) is 0 Å². The predicted octanol–water partition coefficient (Wildman–Crippen LogP) is 4.86. The lowest BCUT2D eigenvalue weighted by Crippen LogP contribution is -2.53. The van der Waals surface area contributed by atoms with E-state index in [1.807, 2.05) is 94.4 Å². The van der Waals surface area contributed by atoms with Gasteiger partial charge in [-0.1, -0.05) is 66.2 Å². The summed E-state index contributed by atoms with van der Waals surface area (Å²) < 4.78 is 5.93. The Morgan fingerprint density at radius 3 is 2.31 bits per heavy atom. The monoisotopic (exact) mass is 432 g/mol. The van der Waals surface area contributed by atoms with Crippen molar-refractivity contribution in [2.75, 3.05) is 6.61 Å². The largest absolute Gasteiger partial charge is 0.483 e. The Morgan fingerprint density at radius 1 is 0.969 bits per heavy atom. The first-order valence-corrected chi connectivity index (χ1v) is 10.9. The average molecular weight is 433 g/mol. The van der Waals surface area contributed by atoms with E-state index >= 15 is 0 Å². The summed E-state index contributed by atoms with van der Waals surface area (Å²) in [6.45, 7) is 9.73. The molecule has 2 amide bonds. The minimum atomic E-state index is -0.640. The topological polar surface area (TPSA) is 58.6 Å². The second kappa shape index (κ2) is 9.86. The van der Waals surface area contributed by atoms with Gasteiger partial charge in [-0.25, -0.2) is 0 Å². The molecule has 0 aliphatic rings. The van der Waals surface area contributed by atoms with Crippen LogP contribution < -0.4 is 10.1 Å². The number of hydrogen-bond acceptors (Lipinski definition) is 3. The third-order valence-corrected chi connectivity index (χ3v) is 5.24. The zero-order valence-corrected chi connectivity index (χ0v) is 19.5. The van der Waals surface area contributed by atoms with Gasteiger partial charge in [-0.2, -0.15) is 0 Å². The molecule has 0 saturated carbocycles. The summed E-state index contributed by atoms with van der Waals surface area (Å²) in [5, 5.41) is 4.97. The summed E-state index contributed by atoms with van der Waals surface area (Å²) >= 11 is 0. The van der Waals surface area contributed by atoms with E-state index < -0.39 is 6.04 Å². The number of amides is 2. The summed E-state index contributed by atoms with van der Waals surface area (Å²) in [7, 11) is 0. The van der Waals surface area contributed by atoms with Gasteiger partial charge in [-0.15, -0.1) is 0 Å². The lowest BCUT2D eigenvalue weighted by molar-refractivity contribution is -0.142. The lowest BCUT2D eigenvalue weighted by Gasteiger charge is -2.31. The number of fused-ring (bicyclic) bond motifs is 1. The minimum Gasteiger partial charge on any atom is -0.483 e. The van der Waals surface area contributed by atoms with E-state index in [9.17, 15) is 9.59 Å². The fraction of sp³-hybridized carbons (Fsp3) is 0.333. The van der Waals surface area contributed by atoms with Crippen molar-refractivity contribution in [1.29, 1.82) is 0 Å². The van der Waals surface area contributed by atoms with Crippen molar-refractivity contribution in [3.8, 4) is 5.75 Å². The maximum absolute atomic E-state index is 13.3. The summed E-state index contributed by atoms with van der Waals surface area (Å²) in [5.74, 6) is 0.219. The maximum Gasteiger partial charge on any atom is 0.261 e. The van der Waals surface area contributed by atoms with E-state index in [-0.39, 0.29) is 24.0 Å². The first-order valence-electron chi connectivity index (χ1n) is 10.9. The zero-order valence-electron chi connectivity index (χ0n) is 19.5. The highest BCUT2D eigenvalue weighted by molar-refractivity contribution is 5.90. The summed E-state index contributed by atoms with van der Waals surface area (Å²) in [6.07, 6.45) is 0. The molecule has 5 nitrogen and oxygen atoms in total. The van der Waals surface area contributed by atoms with Gasteiger partial charge in [0.1, 0.15) is 11.8 Å². The van der Waals surface area contributed by atoms with E-state index in [2.05, 4.69) is 5.32 Å². The molecule has 32 heavy (non-hydrogen) atoms. The van der Waals surface area contributed by atoms with Gasteiger partial charge in [0.25, 0.3) is 5.91 Å². The van der Waals surface area contributed by atoms with Crippen molar-refractivity contribution in [3.05, 3.63) is 77.9 Å². The number of carbonyl (C=O) groups excluding carboxylic acids is 2. The summed E-state index contributed by atoms with van der Waals surface area (Å²) in [6, 6.07) is 21.0. The zero-order chi connectivity index (χ0) is 23.3. The van der Waals surface area contributed by atoms with E-state index in [4.69, 9.17) is 4.74 Å². The first kappa shape index (κ1) is 23.3. The molecule has 0 aliphatic carbocycles. The van der Waals surface area contributed by atoms with Crippen molar-refractivity contribution < 1.29 is 14.3 Å². The van der Waals surface area contributed by atoms with Crippen LogP contribution in [0.15, 0.2) is 66.7 Å². The van der Waals surface area contributed by atoms with Gasteiger partial charge in [0.05, 0.1) is 0 Å². The molecule has 0 fully saturated rings. The van der Waals surface area contributed by atoms with Crippen LogP contribution in [-0.2, 0) is 16.1 Å². The van der Waals surface area contributed by atoms with Crippen molar-refractivity contribution >= 4 is 22.6 Å². The molecule has 0 spiro atoms. The lowest BCUT2D eigenvalue weighted by atomic mass is 10.1. The second-order valence-corrected chi connectivity index (χ2v) is 9.19. The van der Waals surface area contributed by atoms with Crippen molar-refractivity contribution in [3.63, 3.8) is 0 Å². The van der Waals surface area contributed by atoms with Crippen LogP contribution in [0, 0.1) is 6.92 Å². The SMILES string of the molecule is Cc1ccc(CN(C(=O)COc2cccc3ccccc23)[C@@H](C)C(=O)NC(C)(C)C)cc1. The molecule has 0 aliphatic heterocycles. The Kier molecular flexibility index (Phi) is 7.18. The van der Waals surface area contributed by atoms with Gasteiger partial charge in [-0.05, 0) is 51.6 Å². The smallest absolute Gasteiger partial charge is 0.261 e. The number of nitrogens with one attached hydrogen (secondary N) is 1. The number of ether oxygens (including phenoxy) is 1. The molecule has 1 N–H and O–H groups in total. The number of carbonyl (C=O) groups is 2. The highest BCUT2D eigenvalue weighted by Crippen LogP contribution is 2.25. The first-order chi connectivity index (χ1) is 15.1. The summed E-state index contributed by atoms with van der Waals surface area (Å²) in [5.41, 5.74) is 1.72. The van der Waals surface area contributed by atoms with Crippen molar-refractivity contribution in [2.45, 2.75) is 52.7 Å². The van der Waals surface area contributed by atoms with Gasteiger partial charge < -0.3 is 15.0 Å². The number of benzene rings is 3. The minimum absolute atomic E-state index is 0.146. The van der Waals surface area contributed by atoms with Gasteiger partial charge >= 0.3 is 0 Å². The normalized spacial score (nSPS) is 12.3. The Hall–Kier alpha value is -3.34. The van der Waals surface area contributed by atoms with Crippen molar-refractivity contribution in [1.82, 2.24) is 10.2 Å². The third-order valence-electron chi connectivity index (χ3n) is 5.24. The second-order valence-electron chi connectivity index (χ2n) is 9.19. The highest BCUT2D eigenvalue weighted by atomic mass is 16.5. The molecule has 1 atom stereocenters. The number of aryl methyl sites for hydroxylation is 1. The van der Waals surface area contributed by atoms with E-state index in [0.717, 1.165) is 21.9 Å². The third kappa shape index (κ3) is 6.10. The Morgan fingerprint density at radius 2 is 1.62 bits per heavy atom. The number of hydrogen-bond donors (Lipinski definition) is 1. The quantitative estimate of drug-likeness (QED) is 0.580.